The van der Waals surface area contributed by atoms with Crippen molar-refractivity contribution in [1.29, 1.82) is 0 Å². The van der Waals surface area contributed by atoms with Crippen LogP contribution in [0.15, 0.2) is 4.52 Å². The maximum absolute atomic E-state index is 5.72. The minimum atomic E-state index is -0.307. The van der Waals surface area contributed by atoms with E-state index in [1.165, 1.54) is 0 Å². The number of aromatic nitrogens is 2. The third kappa shape index (κ3) is 2.96. The van der Waals surface area contributed by atoms with E-state index < -0.39 is 0 Å². The highest BCUT2D eigenvalue weighted by Crippen LogP contribution is 2.31. The van der Waals surface area contributed by atoms with Gasteiger partial charge in [-0.2, -0.15) is 4.98 Å². The number of hydrogen-bond acceptors (Lipinski definition) is 6. The SMILES string of the molecule is CCCc1noc(CN2CCC3(CC2)OCCO3)n1. The van der Waals surface area contributed by atoms with Crippen molar-refractivity contribution in [2.24, 2.45) is 0 Å². The first-order chi connectivity index (χ1) is 9.30. The van der Waals surface area contributed by atoms with Gasteiger partial charge in [0.1, 0.15) is 0 Å². The first-order valence-corrected chi connectivity index (χ1v) is 7.11. The summed E-state index contributed by atoms with van der Waals surface area (Å²) in [5.74, 6) is 1.22. The average molecular weight is 267 g/mol. The van der Waals surface area contributed by atoms with Crippen LogP contribution in [0, 0.1) is 0 Å². The number of aryl methyl sites for hydroxylation is 1. The molecule has 0 N–H and O–H groups in total. The third-order valence-corrected chi connectivity index (χ3v) is 3.77. The number of ether oxygens (including phenoxy) is 2. The molecule has 2 aliphatic rings. The van der Waals surface area contributed by atoms with Crippen LogP contribution in [0.25, 0.3) is 0 Å². The Balaban J connectivity index is 1.51. The zero-order valence-corrected chi connectivity index (χ0v) is 11.4. The van der Waals surface area contributed by atoms with Gasteiger partial charge in [-0.05, 0) is 6.42 Å². The van der Waals surface area contributed by atoms with Crippen LogP contribution in [0.3, 0.4) is 0 Å². The van der Waals surface area contributed by atoms with E-state index >= 15 is 0 Å². The van der Waals surface area contributed by atoms with Crippen molar-refractivity contribution in [3.8, 4) is 0 Å². The summed E-state index contributed by atoms with van der Waals surface area (Å²) in [6.45, 7) is 6.19. The second kappa shape index (κ2) is 5.56. The quantitative estimate of drug-likeness (QED) is 0.821. The van der Waals surface area contributed by atoms with Gasteiger partial charge >= 0.3 is 0 Å². The van der Waals surface area contributed by atoms with Gasteiger partial charge in [0.15, 0.2) is 11.6 Å². The third-order valence-electron chi connectivity index (χ3n) is 3.77. The molecule has 0 radical (unpaired) electrons. The highest BCUT2D eigenvalue weighted by Gasteiger charge is 2.39. The smallest absolute Gasteiger partial charge is 0.240 e. The van der Waals surface area contributed by atoms with Gasteiger partial charge in [-0.15, -0.1) is 0 Å². The van der Waals surface area contributed by atoms with E-state index in [4.69, 9.17) is 14.0 Å². The number of nitrogens with zero attached hydrogens (tertiary/aromatic N) is 3. The molecule has 6 heteroatoms. The Kier molecular flexibility index (Phi) is 3.81. The Labute approximate surface area is 113 Å². The van der Waals surface area contributed by atoms with Crippen LogP contribution in [0.5, 0.6) is 0 Å². The van der Waals surface area contributed by atoms with Crippen molar-refractivity contribution in [2.45, 2.75) is 44.9 Å². The molecule has 1 aromatic heterocycles. The lowest BCUT2D eigenvalue weighted by atomic mass is 10.0. The molecule has 0 aromatic carbocycles. The lowest BCUT2D eigenvalue weighted by Crippen LogP contribution is -2.44. The first-order valence-electron chi connectivity index (χ1n) is 7.11. The average Bonchev–Trinajstić information content (AvgIpc) is 3.04. The molecule has 0 atom stereocenters. The molecule has 0 aliphatic carbocycles. The molecule has 106 valence electrons. The predicted octanol–water partition coefficient (Wildman–Crippen LogP) is 1.36. The fourth-order valence-electron chi connectivity index (χ4n) is 2.71. The van der Waals surface area contributed by atoms with Crippen molar-refractivity contribution < 1.29 is 14.0 Å². The van der Waals surface area contributed by atoms with Crippen LogP contribution in [0.4, 0.5) is 0 Å². The second-order valence-corrected chi connectivity index (χ2v) is 5.24. The lowest BCUT2D eigenvalue weighted by Gasteiger charge is -2.36. The molecule has 0 saturated carbocycles. The summed E-state index contributed by atoms with van der Waals surface area (Å²) in [6, 6.07) is 0. The maximum atomic E-state index is 5.72. The van der Waals surface area contributed by atoms with E-state index in [-0.39, 0.29) is 5.79 Å². The second-order valence-electron chi connectivity index (χ2n) is 5.24. The van der Waals surface area contributed by atoms with Gasteiger partial charge in [0.05, 0.1) is 19.8 Å². The Morgan fingerprint density at radius 3 is 2.63 bits per heavy atom. The summed E-state index contributed by atoms with van der Waals surface area (Å²) in [5, 5.41) is 3.98. The topological polar surface area (TPSA) is 60.6 Å². The molecule has 6 nitrogen and oxygen atoms in total. The van der Waals surface area contributed by atoms with E-state index in [9.17, 15) is 0 Å². The molecular weight excluding hydrogens is 246 g/mol. The molecule has 2 fully saturated rings. The van der Waals surface area contributed by atoms with Crippen molar-refractivity contribution in [2.75, 3.05) is 26.3 Å². The van der Waals surface area contributed by atoms with E-state index in [0.717, 1.165) is 64.4 Å². The number of piperidine rings is 1. The number of likely N-dealkylation sites (tertiary alicyclic amines) is 1. The maximum Gasteiger partial charge on any atom is 0.240 e. The molecule has 1 spiro atoms. The largest absolute Gasteiger partial charge is 0.347 e. The summed E-state index contributed by atoms with van der Waals surface area (Å²) < 4.78 is 16.7. The molecule has 2 aliphatic heterocycles. The zero-order chi connectivity index (χ0) is 13.1. The Morgan fingerprint density at radius 2 is 1.95 bits per heavy atom. The molecule has 0 bridgehead atoms. The van der Waals surface area contributed by atoms with Crippen molar-refractivity contribution >= 4 is 0 Å². The van der Waals surface area contributed by atoms with Gasteiger partial charge in [-0.3, -0.25) is 4.90 Å². The molecule has 3 rings (SSSR count). The Bertz CT molecular complexity index is 405. The summed E-state index contributed by atoms with van der Waals surface area (Å²) in [6.07, 6.45) is 3.76. The van der Waals surface area contributed by atoms with Crippen LogP contribution in [0.1, 0.15) is 37.9 Å². The first kappa shape index (κ1) is 13.0. The van der Waals surface area contributed by atoms with Crippen LogP contribution in [-0.2, 0) is 22.4 Å². The van der Waals surface area contributed by atoms with Gasteiger partial charge in [-0.25, -0.2) is 0 Å². The van der Waals surface area contributed by atoms with Crippen LogP contribution >= 0.6 is 0 Å². The fraction of sp³-hybridized carbons (Fsp3) is 0.846. The van der Waals surface area contributed by atoms with Gasteiger partial charge in [-0.1, -0.05) is 12.1 Å². The number of rotatable bonds is 4. The number of hydrogen-bond donors (Lipinski definition) is 0. The summed E-state index contributed by atoms with van der Waals surface area (Å²) >= 11 is 0. The van der Waals surface area contributed by atoms with Crippen LogP contribution in [0.2, 0.25) is 0 Å². The normalized spacial score (nSPS) is 23.2. The van der Waals surface area contributed by atoms with Crippen molar-refractivity contribution in [3.05, 3.63) is 11.7 Å². The van der Waals surface area contributed by atoms with Gasteiger partial charge in [0, 0.05) is 32.4 Å². The van der Waals surface area contributed by atoms with E-state index in [2.05, 4.69) is 22.0 Å². The molecule has 2 saturated heterocycles. The lowest BCUT2D eigenvalue weighted by molar-refractivity contribution is -0.186. The predicted molar refractivity (Wildman–Crippen MR) is 67.4 cm³/mol. The van der Waals surface area contributed by atoms with E-state index in [0.29, 0.717) is 5.89 Å². The molecule has 0 unspecified atom stereocenters. The highest BCUT2D eigenvalue weighted by atomic mass is 16.7. The van der Waals surface area contributed by atoms with E-state index in [1.807, 2.05) is 0 Å². The highest BCUT2D eigenvalue weighted by molar-refractivity contribution is 4.89. The van der Waals surface area contributed by atoms with Gasteiger partial charge < -0.3 is 14.0 Å². The fourth-order valence-corrected chi connectivity index (χ4v) is 2.71. The van der Waals surface area contributed by atoms with Gasteiger partial charge in [0.2, 0.25) is 5.89 Å². The minimum Gasteiger partial charge on any atom is -0.347 e. The molecule has 1 aromatic rings. The summed E-state index contributed by atoms with van der Waals surface area (Å²) in [7, 11) is 0. The Morgan fingerprint density at radius 1 is 1.21 bits per heavy atom. The monoisotopic (exact) mass is 267 g/mol. The molecule has 19 heavy (non-hydrogen) atoms. The minimum absolute atomic E-state index is 0.307. The molecule has 0 amide bonds. The van der Waals surface area contributed by atoms with Crippen LogP contribution in [-0.4, -0.2) is 47.1 Å². The van der Waals surface area contributed by atoms with Crippen LogP contribution < -0.4 is 0 Å². The van der Waals surface area contributed by atoms with E-state index in [1.54, 1.807) is 0 Å². The zero-order valence-electron chi connectivity index (χ0n) is 11.4. The van der Waals surface area contributed by atoms with Crippen molar-refractivity contribution in [3.63, 3.8) is 0 Å². The van der Waals surface area contributed by atoms with Gasteiger partial charge in [0.25, 0.3) is 0 Å². The summed E-state index contributed by atoms with van der Waals surface area (Å²) in [4.78, 5) is 6.72. The summed E-state index contributed by atoms with van der Waals surface area (Å²) in [5.41, 5.74) is 0. The standard InChI is InChI=1S/C13H21N3O3/c1-2-3-11-14-12(19-15-11)10-16-6-4-13(5-7-16)17-8-9-18-13/h2-10H2,1H3. The molecular formula is C13H21N3O3. The van der Waals surface area contributed by atoms with Crippen molar-refractivity contribution in [1.82, 2.24) is 15.0 Å². The Hall–Kier alpha value is -0.980. The molecule has 3 heterocycles.